The molecule has 2 aromatic rings. The van der Waals surface area contributed by atoms with E-state index in [4.69, 9.17) is 9.57 Å². The Morgan fingerprint density at radius 3 is 2.77 bits per heavy atom. The van der Waals surface area contributed by atoms with E-state index in [1.54, 1.807) is 29.6 Å². The minimum absolute atomic E-state index is 0.0637. The Morgan fingerprint density at radius 1 is 1.35 bits per heavy atom. The van der Waals surface area contributed by atoms with Gasteiger partial charge in [-0.15, -0.1) is 0 Å². The molecule has 3 heterocycles. The van der Waals surface area contributed by atoms with Crippen molar-refractivity contribution in [2.45, 2.75) is 26.0 Å². The topological polar surface area (TPSA) is 106 Å². The zero-order chi connectivity index (χ0) is 22.0. The summed E-state index contributed by atoms with van der Waals surface area (Å²) in [5, 5.41) is 6.69. The standard InChI is InChI=1S/C21H22FN5O4/c1-3-15-20(28)26-18-16(31-15)5-4-12(17(18)22)10-27-7-6-13(11-30-27)14-8-24-19(25-9-14)21(29)23-2/h4-6,8-9,15H,3,7,10-11H2,1-2H3,(H,23,29)(H,26,28). The van der Waals surface area contributed by atoms with Crippen LogP contribution in [0.15, 0.2) is 30.6 Å². The lowest BCUT2D eigenvalue weighted by Crippen LogP contribution is -2.37. The van der Waals surface area contributed by atoms with Crippen molar-refractivity contribution in [2.75, 3.05) is 25.5 Å². The monoisotopic (exact) mass is 427 g/mol. The van der Waals surface area contributed by atoms with Crippen molar-refractivity contribution < 1.29 is 23.6 Å². The molecule has 0 bridgehead atoms. The summed E-state index contributed by atoms with van der Waals surface area (Å²) in [6.07, 6.45) is 4.97. The van der Waals surface area contributed by atoms with Crippen LogP contribution in [0, 0.1) is 5.82 Å². The average Bonchev–Trinajstić information content (AvgIpc) is 2.81. The highest BCUT2D eigenvalue weighted by atomic mass is 19.1. The van der Waals surface area contributed by atoms with Gasteiger partial charge in [0.15, 0.2) is 11.9 Å². The second-order valence-corrected chi connectivity index (χ2v) is 7.12. The summed E-state index contributed by atoms with van der Waals surface area (Å²) in [5.74, 6) is -0.816. The number of carbonyl (C=O) groups excluding carboxylic acids is 2. The van der Waals surface area contributed by atoms with Crippen LogP contribution in [-0.4, -0.2) is 53.1 Å². The number of carbonyl (C=O) groups is 2. The molecule has 10 heteroatoms. The van der Waals surface area contributed by atoms with E-state index in [1.807, 2.05) is 13.0 Å². The van der Waals surface area contributed by atoms with Crippen molar-refractivity contribution in [3.63, 3.8) is 0 Å². The van der Waals surface area contributed by atoms with Gasteiger partial charge in [0, 0.05) is 37.1 Å². The van der Waals surface area contributed by atoms with Crippen LogP contribution in [0.1, 0.15) is 35.1 Å². The van der Waals surface area contributed by atoms with Gasteiger partial charge >= 0.3 is 0 Å². The lowest BCUT2D eigenvalue weighted by atomic mass is 10.1. The van der Waals surface area contributed by atoms with Crippen LogP contribution in [0.5, 0.6) is 5.75 Å². The number of aromatic nitrogens is 2. The third-order valence-electron chi connectivity index (χ3n) is 5.11. The van der Waals surface area contributed by atoms with Gasteiger partial charge < -0.3 is 15.4 Å². The van der Waals surface area contributed by atoms with Gasteiger partial charge in [-0.05, 0) is 18.1 Å². The van der Waals surface area contributed by atoms with Gasteiger partial charge in [0.2, 0.25) is 5.82 Å². The molecule has 2 aliphatic heterocycles. The highest BCUT2D eigenvalue weighted by Crippen LogP contribution is 2.35. The van der Waals surface area contributed by atoms with Gasteiger partial charge in [-0.1, -0.05) is 19.1 Å². The number of hydrogen-bond acceptors (Lipinski definition) is 7. The van der Waals surface area contributed by atoms with E-state index in [-0.39, 0.29) is 36.5 Å². The zero-order valence-corrected chi connectivity index (χ0v) is 17.1. The van der Waals surface area contributed by atoms with Crippen molar-refractivity contribution in [3.8, 4) is 5.75 Å². The Hall–Kier alpha value is -3.37. The van der Waals surface area contributed by atoms with Crippen LogP contribution in [-0.2, 0) is 16.2 Å². The number of benzene rings is 1. The Labute approximate surface area is 178 Å². The molecular formula is C21H22FN5O4. The smallest absolute Gasteiger partial charge is 0.288 e. The number of anilines is 1. The van der Waals surface area contributed by atoms with E-state index in [1.165, 1.54) is 7.05 Å². The predicted molar refractivity (Wildman–Crippen MR) is 109 cm³/mol. The largest absolute Gasteiger partial charge is 0.478 e. The summed E-state index contributed by atoms with van der Waals surface area (Å²) in [6, 6.07) is 3.29. The van der Waals surface area contributed by atoms with Gasteiger partial charge in [-0.25, -0.2) is 14.4 Å². The number of nitrogens with one attached hydrogen (secondary N) is 2. The van der Waals surface area contributed by atoms with Gasteiger partial charge in [-0.3, -0.25) is 14.4 Å². The number of nitrogens with zero attached hydrogens (tertiary/aromatic N) is 3. The van der Waals surface area contributed by atoms with Crippen molar-refractivity contribution >= 4 is 23.1 Å². The first kappa shape index (κ1) is 20.9. The molecule has 1 aromatic carbocycles. The molecule has 2 amide bonds. The molecule has 0 aliphatic carbocycles. The Morgan fingerprint density at radius 2 is 2.13 bits per heavy atom. The first-order valence-corrected chi connectivity index (χ1v) is 9.90. The molecular weight excluding hydrogens is 405 g/mol. The van der Waals surface area contributed by atoms with Crippen LogP contribution in [0.3, 0.4) is 0 Å². The molecule has 1 atom stereocenters. The summed E-state index contributed by atoms with van der Waals surface area (Å²) in [5.41, 5.74) is 2.07. The number of halogens is 1. The minimum Gasteiger partial charge on any atom is -0.478 e. The molecule has 162 valence electrons. The second kappa shape index (κ2) is 8.78. The molecule has 4 rings (SSSR count). The number of ether oxygens (including phenoxy) is 1. The molecule has 31 heavy (non-hydrogen) atoms. The fraction of sp³-hybridized carbons (Fsp3) is 0.333. The molecule has 1 unspecified atom stereocenters. The molecule has 0 radical (unpaired) electrons. The van der Waals surface area contributed by atoms with Crippen molar-refractivity contribution in [2.24, 2.45) is 0 Å². The highest BCUT2D eigenvalue weighted by molar-refractivity contribution is 5.98. The molecule has 1 aromatic heterocycles. The van der Waals surface area contributed by atoms with Crippen molar-refractivity contribution in [3.05, 3.63) is 53.4 Å². The predicted octanol–water partition coefficient (Wildman–Crippen LogP) is 1.92. The van der Waals surface area contributed by atoms with Crippen LogP contribution in [0.25, 0.3) is 5.57 Å². The van der Waals surface area contributed by atoms with Crippen LogP contribution < -0.4 is 15.4 Å². The van der Waals surface area contributed by atoms with Gasteiger partial charge in [-0.2, -0.15) is 5.06 Å². The Balaban J connectivity index is 1.43. The van der Waals surface area contributed by atoms with Gasteiger partial charge in [0.1, 0.15) is 11.4 Å². The number of hydroxylamine groups is 2. The fourth-order valence-corrected chi connectivity index (χ4v) is 3.33. The van der Waals surface area contributed by atoms with Crippen LogP contribution >= 0.6 is 0 Å². The Bertz CT molecular complexity index is 1040. The normalized spacial score (nSPS) is 18.5. The third kappa shape index (κ3) is 4.25. The van der Waals surface area contributed by atoms with E-state index in [9.17, 15) is 14.0 Å². The fourth-order valence-electron chi connectivity index (χ4n) is 3.33. The van der Waals surface area contributed by atoms with Crippen molar-refractivity contribution in [1.82, 2.24) is 20.3 Å². The Kier molecular flexibility index (Phi) is 5.92. The van der Waals surface area contributed by atoms with E-state index >= 15 is 0 Å². The van der Waals surface area contributed by atoms with Crippen molar-refractivity contribution in [1.29, 1.82) is 0 Å². The summed E-state index contributed by atoms with van der Waals surface area (Å²) in [4.78, 5) is 37.4. The molecule has 0 fully saturated rings. The van der Waals surface area contributed by atoms with Crippen LogP contribution in [0.4, 0.5) is 10.1 Å². The highest BCUT2D eigenvalue weighted by Gasteiger charge is 2.29. The summed E-state index contributed by atoms with van der Waals surface area (Å²) < 4.78 is 20.5. The lowest BCUT2D eigenvalue weighted by Gasteiger charge is -2.28. The SMILES string of the molecule is CCC1Oc2ccc(CN3CC=C(c4cnc(C(=O)NC)nc4)CO3)c(F)c2NC1=O. The first-order chi connectivity index (χ1) is 15.0. The summed E-state index contributed by atoms with van der Waals surface area (Å²) in [6.45, 7) is 2.71. The van der Waals surface area contributed by atoms with Gasteiger partial charge in [0.25, 0.3) is 11.8 Å². The number of fused-ring (bicyclic) bond motifs is 1. The molecule has 0 spiro atoms. The maximum absolute atomic E-state index is 14.9. The maximum atomic E-state index is 14.9. The second-order valence-electron chi connectivity index (χ2n) is 7.12. The number of hydrogen-bond donors (Lipinski definition) is 2. The van der Waals surface area contributed by atoms with E-state index in [0.29, 0.717) is 24.3 Å². The average molecular weight is 427 g/mol. The van der Waals surface area contributed by atoms with Gasteiger partial charge in [0.05, 0.1) is 13.2 Å². The quantitative estimate of drug-likeness (QED) is 0.751. The lowest BCUT2D eigenvalue weighted by molar-refractivity contribution is -0.151. The summed E-state index contributed by atoms with van der Waals surface area (Å²) in [7, 11) is 1.51. The number of amides is 2. The summed E-state index contributed by atoms with van der Waals surface area (Å²) >= 11 is 0. The molecule has 0 saturated heterocycles. The minimum atomic E-state index is -0.610. The van der Waals surface area contributed by atoms with Crippen LogP contribution in [0.2, 0.25) is 0 Å². The molecule has 2 N–H and O–H groups in total. The molecule has 9 nitrogen and oxygen atoms in total. The third-order valence-corrected chi connectivity index (χ3v) is 5.11. The van der Waals surface area contributed by atoms with E-state index < -0.39 is 11.9 Å². The maximum Gasteiger partial charge on any atom is 0.288 e. The first-order valence-electron chi connectivity index (χ1n) is 9.90. The van der Waals surface area contributed by atoms with E-state index in [2.05, 4.69) is 20.6 Å². The molecule has 2 aliphatic rings. The number of rotatable bonds is 5. The van der Waals surface area contributed by atoms with E-state index in [0.717, 1.165) is 11.1 Å². The molecule has 0 saturated carbocycles. The zero-order valence-electron chi connectivity index (χ0n) is 17.1.